The average molecular weight is 308 g/mol. The molecule has 0 saturated heterocycles. The monoisotopic (exact) mass is 307 g/mol. The fourth-order valence-electron chi connectivity index (χ4n) is 1.91. The molecule has 2 heterocycles. The quantitative estimate of drug-likeness (QED) is 0.635. The molecule has 0 atom stereocenters. The van der Waals surface area contributed by atoms with E-state index in [1.54, 1.807) is 17.4 Å². The number of benzene rings is 1. The minimum absolute atomic E-state index is 0.0879. The fraction of sp³-hybridized carbons (Fsp3) is 0.133. The predicted molar refractivity (Wildman–Crippen MR) is 81.5 cm³/mol. The summed E-state index contributed by atoms with van der Waals surface area (Å²) in [5, 5.41) is 1.58. The van der Waals surface area contributed by atoms with Crippen molar-refractivity contribution in [3.05, 3.63) is 47.6 Å². The van der Waals surface area contributed by atoms with Gasteiger partial charge in [0.1, 0.15) is 29.0 Å². The molecule has 0 saturated carbocycles. The summed E-state index contributed by atoms with van der Waals surface area (Å²) in [5.41, 5.74) is 1.08. The van der Waals surface area contributed by atoms with Gasteiger partial charge in [0.05, 0.1) is 0 Å². The number of rotatable bonds is 4. The molecule has 0 aliphatic heterocycles. The zero-order valence-electron chi connectivity index (χ0n) is 10.5. The first-order chi connectivity index (χ1) is 9.76. The van der Waals surface area contributed by atoms with Gasteiger partial charge in [-0.2, -0.15) is 0 Å². The highest BCUT2D eigenvalue weighted by molar-refractivity contribution is 7.21. The van der Waals surface area contributed by atoms with Crippen LogP contribution in [0.3, 0.4) is 0 Å². The molecule has 0 amide bonds. The number of fused-ring (bicyclic) bond motifs is 1. The Bertz CT molecular complexity index is 726. The van der Waals surface area contributed by atoms with E-state index in [1.165, 1.54) is 0 Å². The van der Waals surface area contributed by atoms with Crippen LogP contribution in [0, 0.1) is 0 Å². The van der Waals surface area contributed by atoms with Crippen LogP contribution in [0.1, 0.15) is 0 Å². The Morgan fingerprint density at radius 2 is 1.95 bits per heavy atom. The van der Waals surface area contributed by atoms with Crippen molar-refractivity contribution in [2.45, 2.75) is 0 Å². The lowest BCUT2D eigenvalue weighted by molar-refractivity contribution is 0.273. The van der Waals surface area contributed by atoms with Gasteiger partial charge in [0.25, 0.3) is 0 Å². The largest absolute Gasteiger partial charge is 0.491 e. The van der Waals surface area contributed by atoms with Crippen LogP contribution >= 0.6 is 22.9 Å². The Morgan fingerprint density at radius 3 is 2.70 bits per heavy atom. The van der Waals surface area contributed by atoms with Crippen molar-refractivity contribution in [1.82, 2.24) is 4.98 Å². The van der Waals surface area contributed by atoms with Crippen LogP contribution in [0.25, 0.3) is 20.7 Å². The topological polar surface area (TPSA) is 22.1 Å². The van der Waals surface area contributed by atoms with Gasteiger partial charge >= 0.3 is 0 Å². The van der Waals surface area contributed by atoms with Crippen LogP contribution in [0.2, 0.25) is 5.15 Å². The van der Waals surface area contributed by atoms with Crippen LogP contribution in [-0.2, 0) is 0 Å². The smallest absolute Gasteiger partial charge is 0.130 e. The number of halogens is 2. The summed E-state index contributed by atoms with van der Waals surface area (Å²) in [6.45, 7) is -0.394. The second kappa shape index (κ2) is 5.77. The van der Waals surface area contributed by atoms with Crippen LogP contribution < -0.4 is 4.74 Å². The molecular weight excluding hydrogens is 297 g/mol. The molecule has 5 heteroatoms. The first kappa shape index (κ1) is 13.3. The number of hydrogen-bond donors (Lipinski definition) is 0. The van der Waals surface area contributed by atoms with Crippen molar-refractivity contribution >= 4 is 33.2 Å². The lowest BCUT2D eigenvalue weighted by atomic mass is 10.1. The lowest BCUT2D eigenvalue weighted by Crippen LogP contribution is -1.97. The van der Waals surface area contributed by atoms with Crippen molar-refractivity contribution in [3.63, 3.8) is 0 Å². The Hall–Kier alpha value is -1.65. The van der Waals surface area contributed by atoms with Crippen LogP contribution in [0.4, 0.5) is 4.39 Å². The second-order valence-electron chi connectivity index (χ2n) is 4.20. The summed E-state index contributed by atoms with van der Waals surface area (Å²) < 4.78 is 17.3. The van der Waals surface area contributed by atoms with Gasteiger partial charge in [0.15, 0.2) is 0 Å². The van der Waals surface area contributed by atoms with Crippen molar-refractivity contribution in [2.24, 2.45) is 0 Å². The molecular formula is C15H11ClFNOS. The molecule has 0 spiro atoms. The molecule has 3 aromatic rings. The molecule has 0 aliphatic rings. The van der Waals surface area contributed by atoms with Crippen molar-refractivity contribution in [2.75, 3.05) is 13.3 Å². The Morgan fingerprint density at radius 1 is 1.15 bits per heavy atom. The maximum absolute atomic E-state index is 12.0. The Kier molecular flexibility index (Phi) is 3.85. The van der Waals surface area contributed by atoms with Gasteiger partial charge in [-0.1, -0.05) is 11.6 Å². The second-order valence-corrected chi connectivity index (χ2v) is 5.62. The summed E-state index contributed by atoms with van der Waals surface area (Å²) >= 11 is 7.48. The molecule has 1 aromatic carbocycles. The summed E-state index contributed by atoms with van der Waals surface area (Å²) in [6, 6.07) is 13.4. The van der Waals surface area contributed by atoms with Crippen LogP contribution in [-0.4, -0.2) is 18.3 Å². The van der Waals surface area contributed by atoms with Crippen molar-refractivity contribution < 1.29 is 9.13 Å². The lowest BCUT2D eigenvalue weighted by Gasteiger charge is -2.03. The zero-order valence-corrected chi connectivity index (χ0v) is 12.0. The summed E-state index contributed by atoms with van der Waals surface area (Å²) in [7, 11) is 0. The van der Waals surface area contributed by atoms with E-state index in [4.69, 9.17) is 16.3 Å². The summed E-state index contributed by atoms with van der Waals surface area (Å²) in [5.74, 6) is 0.675. The molecule has 3 rings (SSSR count). The maximum Gasteiger partial charge on any atom is 0.130 e. The third-order valence-electron chi connectivity index (χ3n) is 2.83. The molecule has 102 valence electrons. The van der Waals surface area contributed by atoms with E-state index in [9.17, 15) is 4.39 Å². The van der Waals surface area contributed by atoms with Crippen molar-refractivity contribution in [3.8, 4) is 16.2 Å². The number of pyridine rings is 1. The van der Waals surface area contributed by atoms with E-state index in [0.717, 1.165) is 20.7 Å². The van der Waals surface area contributed by atoms with Gasteiger partial charge in [-0.3, -0.25) is 0 Å². The van der Waals surface area contributed by atoms with Gasteiger partial charge in [-0.05, 0) is 48.0 Å². The van der Waals surface area contributed by atoms with Crippen LogP contribution in [0.5, 0.6) is 5.75 Å². The molecule has 0 bridgehead atoms. The normalized spacial score (nSPS) is 10.9. The first-order valence-electron chi connectivity index (χ1n) is 6.11. The van der Waals surface area contributed by atoms with Crippen molar-refractivity contribution in [1.29, 1.82) is 0 Å². The first-order valence-corrected chi connectivity index (χ1v) is 7.31. The molecule has 20 heavy (non-hydrogen) atoms. The number of hydrogen-bond acceptors (Lipinski definition) is 3. The third-order valence-corrected chi connectivity index (χ3v) is 4.14. The molecule has 2 aromatic heterocycles. The molecule has 0 radical (unpaired) electrons. The summed E-state index contributed by atoms with van der Waals surface area (Å²) in [4.78, 5) is 6.34. The van der Waals surface area contributed by atoms with Gasteiger partial charge in [0, 0.05) is 10.3 Å². The minimum Gasteiger partial charge on any atom is -0.491 e. The zero-order chi connectivity index (χ0) is 13.9. The SMILES string of the molecule is FCCOc1ccc(-c2cc3ccc(Cl)nc3s2)cc1. The molecule has 0 fully saturated rings. The molecule has 2 nitrogen and oxygen atoms in total. The number of aromatic nitrogens is 1. The van der Waals surface area contributed by atoms with Crippen LogP contribution in [0.15, 0.2) is 42.5 Å². The average Bonchev–Trinajstić information content (AvgIpc) is 2.88. The highest BCUT2D eigenvalue weighted by Gasteiger charge is 2.06. The number of ether oxygens (including phenoxy) is 1. The Labute approximate surface area is 124 Å². The van der Waals surface area contributed by atoms with E-state index in [-0.39, 0.29) is 6.61 Å². The predicted octanol–water partition coefficient (Wildman–Crippen LogP) is 4.97. The van der Waals surface area contributed by atoms with E-state index >= 15 is 0 Å². The standard InChI is InChI=1S/C15H11ClFNOS/c16-14-6-3-11-9-13(20-15(11)18-14)10-1-4-12(5-2-10)19-8-7-17/h1-6,9H,7-8H2. The number of thiophene rings is 1. The van der Waals surface area contributed by atoms with E-state index in [0.29, 0.717) is 10.9 Å². The highest BCUT2D eigenvalue weighted by Crippen LogP contribution is 2.33. The highest BCUT2D eigenvalue weighted by atomic mass is 35.5. The molecule has 0 unspecified atom stereocenters. The maximum atomic E-state index is 12.0. The number of nitrogens with zero attached hydrogens (tertiary/aromatic N) is 1. The molecule has 0 N–H and O–H groups in total. The minimum atomic E-state index is -0.482. The van der Waals surface area contributed by atoms with E-state index in [2.05, 4.69) is 11.1 Å². The third kappa shape index (κ3) is 2.76. The van der Waals surface area contributed by atoms with Gasteiger partial charge in [-0.15, -0.1) is 11.3 Å². The van der Waals surface area contributed by atoms with E-state index < -0.39 is 6.67 Å². The summed E-state index contributed by atoms with van der Waals surface area (Å²) in [6.07, 6.45) is 0. The van der Waals surface area contributed by atoms with Gasteiger partial charge < -0.3 is 4.74 Å². The molecule has 0 aliphatic carbocycles. The number of alkyl halides is 1. The van der Waals surface area contributed by atoms with Gasteiger partial charge in [0.2, 0.25) is 0 Å². The fourth-order valence-corrected chi connectivity index (χ4v) is 3.14. The Balaban J connectivity index is 1.90. The van der Waals surface area contributed by atoms with E-state index in [1.807, 2.05) is 30.3 Å². The van der Waals surface area contributed by atoms with Gasteiger partial charge in [-0.25, -0.2) is 9.37 Å².